The van der Waals surface area contributed by atoms with Gasteiger partial charge < -0.3 is 4.57 Å². The minimum absolute atomic E-state index is 0.142. The highest BCUT2D eigenvalue weighted by Crippen LogP contribution is 2.30. The summed E-state index contributed by atoms with van der Waals surface area (Å²) in [5.74, 6) is 0.894. The average Bonchev–Trinajstić information content (AvgIpc) is 2.86. The first-order chi connectivity index (χ1) is 10.1. The molecule has 1 aromatic heterocycles. The summed E-state index contributed by atoms with van der Waals surface area (Å²) in [4.78, 5) is 4.66. The van der Waals surface area contributed by atoms with Crippen LogP contribution in [0.5, 0.6) is 0 Å². The lowest BCUT2D eigenvalue weighted by Crippen LogP contribution is -2.10. The topological polar surface area (TPSA) is 41.6 Å². The fourth-order valence-electron chi connectivity index (χ4n) is 2.74. The highest BCUT2D eigenvalue weighted by atomic mass is 35.5. The van der Waals surface area contributed by atoms with E-state index in [2.05, 4.69) is 29.5 Å². The maximum Gasteiger partial charge on any atom is 0.127 e. The molecule has 0 bridgehead atoms. The van der Waals surface area contributed by atoms with Crippen LogP contribution in [-0.2, 0) is 0 Å². The molecule has 0 N–H and O–H groups in total. The van der Waals surface area contributed by atoms with Gasteiger partial charge in [-0.15, -0.1) is 11.6 Å². The zero-order valence-electron chi connectivity index (χ0n) is 12.9. The Kier molecular flexibility index (Phi) is 5.25. The molecule has 0 fully saturated rings. The van der Waals surface area contributed by atoms with Crippen molar-refractivity contribution in [2.45, 2.75) is 57.9 Å². The Morgan fingerprint density at radius 1 is 1.33 bits per heavy atom. The molecule has 2 rings (SSSR count). The fraction of sp³-hybridized carbons (Fsp3) is 0.529. The lowest BCUT2D eigenvalue weighted by molar-refractivity contribution is 0.472. The molecule has 0 spiro atoms. The molecule has 0 saturated carbocycles. The van der Waals surface area contributed by atoms with Gasteiger partial charge in [0, 0.05) is 6.04 Å². The third-order valence-corrected chi connectivity index (χ3v) is 4.06. The van der Waals surface area contributed by atoms with Crippen LogP contribution in [0.1, 0.15) is 69.3 Å². The lowest BCUT2D eigenvalue weighted by atomic mass is 10.1. The number of imidazole rings is 1. The molecule has 0 aliphatic rings. The van der Waals surface area contributed by atoms with E-state index in [0.29, 0.717) is 11.6 Å². The predicted molar refractivity (Wildman–Crippen MR) is 87.6 cm³/mol. The first-order valence-corrected chi connectivity index (χ1v) is 8.08. The van der Waals surface area contributed by atoms with Crippen molar-refractivity contribution in [3.8, 4) is 6.07 Å². The lowest BCUT2D eigenvalue weighted by Gasteiger charge is -2.18. The number of fused-ring (bicyclic) bond motifs is 1. The van der Waals surface area contributed by atoms with Crippen LogP contribution in [0.3, 0.4) is 0 Å². The molecule has 1 heterocycles. The molecule has 112 valence electrons. The van der Waals surface area contributed by atoms with Gasteiger partial charge in [0.2, 0.25) is 0 Å². The van der Waals surface area contributed by atoms with Crippen LogP contribution < -0.4 is 0 Å². The zero-order chi connectivity index (χ0) is 15.4. The zero-order valence-corrected chi connectivity index (χ0v) is 13.7. The Morgan fingerprint density at radius 3 is 2.71 bits per heavy atom. The maximum absolute atomic E-state index is 9.11. The standard InChI is InChI=1S/C17H22ClN3/c1-4-5-6-7-12(2)21-16-10-14(11-19)8-9-15(16)20-17(21)13(3)18/h8-10,12-13H,4-7H2,1-3H3. The summed E-state index contributed by atoms with van der Waals surface area (Å²) in [6.07, 6.45) is 4.76. The Labute approximate surface area is 131 Å². The van der Waals surface area contributed by atoms with Crippen LogP contribution >= 0.6 is 11.6 Å². The van der Waals surface area contributed by atoms with Gasteiger partial charge in [0.15, 0.2) is 0 Å². The second-order valence-corrected chi connectivity index (χ2v) is 6.27. The summed E-state index contributed by atoms with van der Waals surface area (Å²) in [7, 11) is 0. The Balaban J connectivity index is 2.46. The van der Waals surface area contributed by atoms with Gasteiger partial charge in [-0.05, 0) is 38.5 Å². The van der Waals surface area contributed by atoms with Gasteiger partial charge in [0.05, 0.1) is 28.0 Å². The average molecular weight is 304 g/mol. The number of halogens is 1. The van der Waals surface area contributed by atoms with Crippen molar-refractivity contribution in [3.05, 3.63) is 29.6 Å². The molecule has 4 heteroatoms. The largest absolute Gasteiger partial charge is 0.324 e. The van der Waals surface area contributed by atoms with Crippen LogP contribution in [0.25, 0.3) is 11.0 Å². The van der Waals surface area contributed by atoms with E-state index in [9.17, 15) is 0 Å². The van der Waals surface area contributed by atoms with E-state index in [1.54, 1.807) is 0 Å². The van der Waals surface area contributed by atoms with Gasteiger partial charge >= 0.3 is 0 Å². The molecular weight excluding hydrogens is 282 g/mol. The van der Waals surface area contributed by atoms with Crippen LogP contribution in [0.2, 0.25) is 0 Å². The van der Waals surface area contributed by atoms with Crippen molar-refractivity contribution in [2.24, 2.45) is 0 Å². The Bertz CT molecular complexity index is 652. The van der Waals surface area contributed by atoms with Crippen molar-refractivity contribution >= 4 is 22.6 Å². The minimum Gasteiger partial charge on any atom is -0.324 e. The highest BCUT2D eigenvalue weighted by Gasteiger charge is 2.19. The first-order valence-electron chi connectivity index (χ1n) is 7.64. The third kappa shape index (κ3) is 3.39. The minimum atomic E-state index is -0.142. The molecule has 0 aliphatic carbocycles. The number of benzene rings is 1. The Hall–Kier alpha value is -1.53. The van der Waals surface area contributed by atoms with E-state index in [-0.39, 0.29) is 5.38 Å². The van der Waals surface area contributed by atoms with Crippen molar-refractivity contribution in [1.29, 1.82) is 5.26 Å². The van der Waals surface area contributed by atoms with Crippen LogP contribution in [0.4, 0.5) is 0 Å². The van der Waals surface area contributed by atoms with Crippen LogP contribution in [-0.4, -0.2) is 9.55 Å². The van der Waals surface area contributed by atoms with E-state index < -0.39 is 0 Å². The predicted octanol–water partition coefficient (Wildman–Crippen LogP) is 5.35. The van der Waals surface area contributed by atoms with Crippen LogP contribution in [0.15, 0.2) is 18.2 Å². The number of unbranched alkanes of at least 4 members (excludes halogenated alkanes) is 2. The summed E-state index contributed by atoms with van der Waals surface area (Å²) in [6.45, 7) is 6.37. The fourth-order valence-corrected chi connectivity index (χ4v) is 2.90. The summed E-state index contributed by atoms with van der Waals surface area (Å²) in [6, 6.07) is 8.18. The maximum atomic E-state index is 9.11. The molecule has 2 atom stereocenters. The second kappa shape index (κ2) is 6.95. The molecule has 0 aliphatic heterocycles. The summed E-state index contributed by atoms with van der Waals surface area (Å²) in [5.41, 5.74) is 2.59. The second-order valence-electron chi connectivity index (χ2n) is 5.62. The number of nitriles is 1. The van der Waals surface area contributed by atoms with Gasteiger partial charge in [0.25, 0.3) is 0 Å². The van der Waals surface area contributed by atoms with E-state index in [4.69, 9.17) is 16.9 Å². The molecular formula is C17H22ClN3. The number of rotatable bonds is 6. The van der Waals surface area contributed by atoms with Crippen LogP contribution in [0, 0.1) is 11.3 Å². The van der Waals surface area contributed by atoms with Gasteiger partial charge in [0.1, 0.15) is 5.82 Å². The molecule has 1 aromatic carbocycles. The molecule has 2 unspecified atom stereocenters. The quantitative estimate of drug-likeness (QED) is 0.533. The summed E-state index contributed by atoms with van der Waals surface area (Å²) < 4.78 is 2.21. The van der Waals surface area contributed by atoms with Crippen molar-refractivity contribution in [3.63, 3.8) is 0 Å². The highest BCUT2D eigenvalue weighted by molar-refractivity contribution is 6.20. The summed E-state index contributed by atoms with van der Waals surface area (Å²) in [5, 5.41) is 8.97. The number of aromatic nitrogens is 2. The van der Waals surface area contributed by atoms with Crippen molar-refractivity contribution < 1.29 is 0 Å². The van der Waals surface area contributed by atoms with Gasteiger partial charge in [-0.25, -0.2) is 4.98 Å². The normalized spacial score (nSPS) is 14.0. The summed E-state index contributed by atoms with van der Waals surface area (Å²) >= 11 is 6.31. The Morgan fingerprint density at radius 2 is 2.10 bits per heavy atom. The van der Waals surface area contributed by atoms with E-state index in [0.717, 1.165) is 23.3 Å². The van der Waals surface area contributed by atoms with Gasteiger partial charge in [-0.2, -0.15) is 5.26 Å². The molecule has 3 nitrogen and oxygen atoms in total. The van der Waals surface area contributed by atoms with Gasteiger partial charge in [-0.3, -0.25) is 0 Å². The monoisotopic (exact) mass is 303 g/mol. The van der Waals surface area contributed by atoms with Crippen molar-refractivity contribution in [2.75, 3.05) is 0 Å². The molecule has 21 heavy (non-hydrogen) atoms. The van der Waals surface area contributed by atoms with E-state index in [1.165, 1.54) is 19.3 Å². The third-order valence-electron chi connectivity index (χ3n) is 3.87. The smallest absolute Gasteiger partial charge is 0.127 e. The molecule has 0 saturated heterocycles. The molecule has 2 aromatic rings. The number of hydrogen-bond acceptors (Lipinski definition) is 2. The number of hydrogen-bond donors (Lipinski definition) is 0. The van der Waals surface area contributed by atoms with Gasteiger partial charge in [-0.1, -0.05) is 26.2 Å². The number of nitrogens with zero attached hydrogens (tertiary/aromatic N) is 3. The molecule has 0 radical (unpaired) electrons. The first kappa shape index (κ1) is 15.9. The SMILES string of the molecule is CCCCCC(C)n1c(C(C)Cl)nc2ccc(C#N)cc21. The van der Waals surface area contributed by atoms with E-state index >= 15 is 0 Å². The van der Waals surface area contributed by atoms with Crippen molar-refractivity contribution in [1.82, 2.24) is 9.55 Å². The molecule has 0 amide bonds. The van der Waals surface area contributed by atoms with E-state index in [1.807, 2.05) is 25.1 Å². The number of alkyl halides is 1.